The quantitative estimate of drug-likeness (QED) is 0.160. The van der Waals surface area contributed by atoms with E-state index in [4.69, 9.17) is 15.7 Å². The number of carbonyl (C=O) groups is 2. The number of nitrogens with two attached hydrogens (primary N) is 1. The second-order valence-electron chi connectivity index (χ2n) is 20.3. The van der Waals surface area contributed by atoms with Gasteiger partial charge < -0.3 is 15.5 Å². The van der Waals surface area contributed by atoms with Crippen LogP contribution in [0, 0.1) is 37.5 Å². The van der Waals surface area contributed by atoms with Crippen LogP contribution in [-0.2, 0) is 40.3 Å². The molecule has 2 N–H and O–H groups in total. The maximum Gasteiger partial charge on any atom is 0.332 e. The first-order valence-corrected chi connectivity index (χ1v) is 26.5. The topological polar surface area (TPSA) is 245 Å². The molecule has 80 heavy (non-hydrogen) atoms. The normalized spacial score (nSPS) is 16.2. The summed E-state index contributed by atoms with van der Waals surface area (Å²) in [5.74, 6) is 13.1. The van der Waals surface area contributed by atoms with Gasteiger partial charge in [0.2, 0.25) is 11.9 Å². The third-order valence-electron chi connectivity index (χ3n) is 15.1. The van der Waals surface area contributed by atoms with E-state index >= 15 is 0 Å². The summed E-state index contributed by atoms with van der Waals surface area (Å²) in [5, 5.41) is 1.84. The molecule has 9 aromatic rings. The average Bonchev–Trinajstić information content (AvgIpc) is 4.14. The van der Waals surface area contributed by atoms with E-state index in [-0.39, 0.29) is 61.2 Å². The smallest absolute Gasteiger partial charge is 0.332 e. The molecule has 12 rings (SSSR count). The number of aryl methyl sites for hydroxylation is 4. The molecule has 22 nitrogen and oxygen atoms in total. The van der Waals surface area contributed by atoms with E-state index in [1.54, 1.807) is 61.3 Å². The molecular weight excluding hydrogens is 1020 g/mol. The molecule has 9 heterocycles. The van der Waals surface area contributed by atoms with Crippen LogP contribution in [-0.4, -0.2) is 112 Å². The molecule has 2 amide bonds. The second-order valence-corrected chi connectivity index (χ2v) is 20.3. The van der Waals surface area contributed by atoms with Crippen LogP contribution in [0.4, 0.5) is 11.9 Å². The van der Waals surface area contributed by atoms with Crippen LogP contribution in [0.1, 0.15) is 83.3 Å². The first-order chi connectivity index (χ1) is 38.7. The number of imide groups is 1. The molecule has 3 aliphatic heterocycles. The third-order valence-corrected chi connectivity index (χ3v) is 15.1. The van der Waals surface area contributed by atoms with Gasteiger partial charge in [-0.3, -0.25) is 51.5 Å². The summed E-state index contributed by atoms with van der Waals surface area (Å²) >= 11 is 0. The van der Waals surface area contributed by atoms with Crippen molar-refractivity contribution >= 4 is 67.8 Å². The molecule has 2 saturated heterocycles. The lowest BCUT2D eigenvalue weighted by Gasteiger charge is -2.37. The SMILES string of the molecule is CC#CCn1c(N2CCC[C@@H](N)C2)nc2c1c(=O)n(Cc1nc(C)c3ccccc3n1)c(=O)n2C.CC#CCn1c(N2CCC[C@@H](N3C(=O)c4ccccc4C3=O)C2)nc2c1c(=O)n(Cc1nc(C)c3ccccc3n1)c(=O)n2C. The minimum atomic E-state index is -0.540. The molecule has 0 bridgehead atoms. The molecular formula is C58H58N16O6. The Morgan fingerprint density at radius 1 is 0.550 bits per heavy atom. The summed E-state index contributed by atoms with van der Waals surface area (Å²) in [7, 11) is 3.21. The number of amides is 2. The van der Waals surface area contributed by atoms with Gasteiger partial charge in [-0.25, -0.2) is 29.5 Å². The number of para-hydroxylation sites is 2. The number of benzene rings is 3. The second kappa shape index (κ2) is 21.4. The standard InChI is InChI=1S/C33H30N8O4.C25H28N8O2/c1-4-5-17-39-27-28(37(3)33(45)40(31(27)44)19-26-34-20(2)22-12-8-9-15-25(22)35-26)36-32(39)38-16-10-11-21(18-38)41-29(42)23-13-6-7-14-24(23)30(41)43;1-4-5-13-32-21-22(29-24(32)31-12-8-9-17(26)14-31)30(3)25(35)33(23(21)34)15-20-27-16(2)18-10-6-7-11-19(18)28-20/h6-9,12-15,21H,10-11,16-19H2,1-3H3;6-7,10-11,17H,8-9,12-15,26H2,1-3H3/t21-;17-/m11/s1. The Morgan fingerprint density at radius 2 is 0.988 bits per heavy atom. The highest BCUT2D eigenvalue weighted by Gasteiger charge is 2.42. The predicted octanol–water partition coefficient (Wildman–Crippen LogP) is 3.63. The van der Waals surface area contributed by atoms with E-state index in [1.807, 2.05) is 67.3 Å². The number of hydrogen-bond acceptors (Lipinski definition) is 15. The Morgan fingerprint density at radius 3 is 1.45 bits per heavy atom. The van der Waals surface area contributed by atoms with Crippen molar-refractivity contribution in [1.29, 1.82) is 0 Å². The van der Waals surface area contributed by atoms with E-state index < -0.39 is 22.5 Å². The number of carbonyl (C=O) groups excluding carboxylic acids is 2. The molecule has 22 heteroatoms. The maximum atomic E-state index is 14.1. The summed E-state index contributed by atoms with van der Waals surface area (Å²) in [6, 6.07) is 21.8. The highest BCUT2D eigenvalue weighted by Crippen LogP contribution is 2.31. The molecule has 2 atom stereocenters. The van der Waals surface area contributed by atoms with Crippen LogP contribution < -0.4 is 38.0 Å². The van der Waals surface area contributed by atoms with E-state index in [1.165, 1.54) is 18.6 Å². The molecule has 0 aliphatic carbocycles. The zero-order valence-electron chi connectivity index (χ0n) is 45.3. The highest BCUT2D eigenvalue weighted by molar-refractivity contribution is 6.21. The third kappa shape index (κ3) is 9.26. The Bertz CT molecular complexity index is 4370. The van der Waals surface area contributed by atoms with Crippen molar-refractivity contribution < 1.29 is 9.59 Å². The lowest BCUT2D eigenvalue weighted by molar-refractivity contribution is 0.0569. The van der Waals surface area contributed by atoms with Gasteiger partial charge in [-0.05, 0) is 77.6 Å². The van der Waals surface area contributed by atoms with Crippen molar-refractivity contribution in [2.75, 3.05) is 36.0 Å². The van der Waals surface area contributed by atoms with E-state index in [0.717, 1.165) is 57.1 Å². The Hall–Kier alpha value is -9.54. The number of imidazole rings is 2. The Labute approximate surface area is 457 Å². The van der Waals surface area contributed by atoms with Gasteiger partial charge in [0.1, 0.15) is 11.6 Å². The summed E-state index contributed by atoms with van der Waals surface area (Å²) in [6.07, 6.45) is 3.23. The molecule has 2 fully saturated rings. The van der Waals surface area contributed by atoms with Gasteiger partial charge in [0, 0.05) is 68.5 Å². The largest absolute Gasteiger partial charge is 0.341 e. The minimum Gasteiger partial charge on any atom is -0.341 e. The van der Waals surface area contributed by atoms with Gasteiger partial charge in [0.05, 0.1) is 54.4 Å². The van der Waals surface area contributed by atoms with E-state index in [0.29, 0.717) is 78.3 Å². The zero-order valence-corrected chi connectivity index (χ0v) is 45.3. The molecule has 3 aliphatic rings. The summed E-state index contributed by atoms with van der Waals surface area (Å²) in [6.45, 7) is 9.87. The number of anilines is 2. The van der Waals surface area contributed by atoms with Crippen molar-refractivity contribution in [3.05, 3.63) is 149 Å². The van der Waals surface area contributed by atoms with Gasteiger partial charge >= 0.3 is 11.4 Å². The molecule has 0 saturated carbocycles. The van der Waals surface area contributed by atoms with Crippen LogP contribution in [0.5, 0.6) is 0 Å². The minimum absolute atomic E-state index is 0.0306. The summed E-state index contributed by atoms with van der Waals surface area (Å²) in [5.41, 5.74) is 9.25. The van der Waals surface area contributed by atoms with Crippen molar-refractivity contribution in [2.24, 2.45) is 19.8 Å². The van der Waals surface area contributed by atoms with Crippen molar-refractivity contribution in [1.82, 2.24) is 62.2 Å². The van der Waals surface area contributed by atoms with Gasteiger partial charge in [0.15, 0.2) is 22.3 Å². The van der Waals surface area contributed by atoms with Gasteiger partial charge in [-0.1, -0.05) is 60.4 Å². The monoisotopic (exact) mass is 1070 g/mol. The first kappa shape index (κ1) is 52.5. The van der Waals surface area contributed by atoms with Crippen LogP contribution >= 0.6 is 0 Å². The van der Waals surface area contributed by atoms with Crippen molar-refractivity contribution in [3.63, 3.8) is 0 Å². The van der Waals surface area contributed by atoms with Crippen LogP contribution in [0.15, 0.2) is 92.0 Å². The molecule has 0 spiro atoms. The predicted molar refractivity (Wildman–Crippen MR) is 304 cm³/mol. The lowest BCUT2D eigenvalue weighted by Crippen LogP contribution is -2.50. The van der Waals surface area contributed by atoms with E-state index in [2.05, 4.69) is 48.5 Å². The number of hydrogen-bond donors (Lipinski definition) is 1. The number of fused-ring (bicyclic) bond motifs is 5. The number of nitrogens with zero attached hydrogens (tertiary/aromatic N) is 15. The maximum absolute atomic E-state index is 14.1. The highest BCUT2D eigenvalue weighted by atomic mass is 16.2. The van der Waals surface area contributed by atoms with Crippen molar-refractivity contribution in [3.8, 4) is 23.7 Å². The summed E-state index contributed by atoms with van der Waals surface area (Å²) < 4.78 is 8.60. The molecule has 0 radical (unpaired) electrons. The molecule has 3 aromatic carbocycles. The van der Waals surface area contributed by atoms with Crippen molar-refractivity contribution in [2.45, 2.75) is 91.6 Å². The zero-order chi connectivity index (χ0) is 56.1. The van der Waals surface area contributed by atoms with Crippen LogP contribution in [0.2, 0.25) is 0 Å². The fourth-order valence-corrected chi connectivity index (χ4v) is 11.2. The Balaban J connectivity index is 0.000000174. The summed E-state index contributed by atoms with van der Waals surface area (Å²) in [4.78, 5) is 114. The number of rotatable bonds is 9. The van der Waals surface area contributed by atoms with Crippen LogP contribution in [0.25, 0.3) is 44.1 Å². The lowest BCUT2D eigenvalue weighted by atomic mass is 10.0. The fourth-order valence-electron chi connectivity index (χ4n) is 11.2. The van der Waals surface area contributed by atoms with Crippen LogP contribution in [0.3, 0.4) is 0 Å². The van der Waals surface area contributed by atoms with Gasteiger partial charge in [-0.15, -0.1) is 11.8 Å². The molecule has 406 valence electrons. The average molecular weight is 1080 g/mol. The number of piperidine rings is 2. The fraction of sp³-hybridized carbons (Fsp3) is 0.345. The molecule has 6 aromatic heterocycles. The van der Waals surface area contributed by atoms with Gasteiger partial charge in [-0.2, -0.15) is 9.97 Å². The van der Waals surface area contributed by atoms with E-state index in [9.17, 15) is 28.8 Å². The number of aromatic nitrogens is 12. The molecule has 0 unspecified atom stereocenters. The first-order valence-electron chi connectivity index (χ1n) is 26.5. The Kier molecular flexibility index (Phi) is 14.0. The van der Waals surface area contributed by atoms with Gasteiger partial charge in [0.25, 0.3) is 22.9 Å².